The SMILES string of the molecule is COc1c(CO)cc(Cl)cc1S(=O)(=O)N1CC2CCC1C2. The van der Waals surface area contributed by atoms with E-state index in [1.165, 1.54) is 19.2 Å². The van der Waals surface area contributed by atoms with Gasteiger partial charge >= 0.3 is 0 Å². The van der Waals surface area contributed by atoms with Crippen LogP contribution in [0.3, 0.4) is 0 Å². The second-order valence-corrected chi connectivity index (χ2v) is 7.96. The Kier molecular flexibility index (Phi) is 3.90. The molecular formula is C14H18ClNO4S. The number of aliphatic hydroxyl groups excluding tert-OH is 1. The van der Waals surface area contributed by atoms with Crippen LogP contribution in [0.2, 0.25) is 5.02 Å². The minimum atomic E-state index is -3.65. The Bertz CT molecular complexity index is 661. The lowest BCUT2D eigenvalue weighted by Gasteiger charge is -2.27. The quantitative estimate of drug-likeness (QED) is 0.916. The zero-order valence-corrected chi connectivity index (χ0v) is 13.3. The Morgan fingerprint density at radius 3 is 2.71 bits per heavy atom. The number of hydrogen-bond donors (Lipinski definition) is 1. The Balaban J connectivity index is 2.08. The lowest BCUT2D eigenvalue weighted by molar-refractivity contribution is 0.272. The van der Waals surface area contributed by atoms with Gasteiger partial charge in [0.1, 0.15) is 10.6 Å². The molecule has 1 N–H and O–H groups in total. The van der Waals surface area contributed by atoms with Crippen molar-refractivity contribution < 1.29 is 18.3 Å². The van der Waals surface area contributed by atoms with Crippen molar-refractivity contribution in [3.8, 4) is 5.75 Å². The lowest BCUT2D eigenvalue weighted by atomic mass is 10.1. The third-order valence-corrected chi connectivity index (χ3v) is 6.56. The van der Waals surface area contributed by atoms with Gasteiger partial charge in [0.15, 0.2) is 0 Å². The van der Waals surface area contributed by atoms with Crippen molar-refractivity contribution in [2.24, 2.45) is 5.92 Å². The maximum Gasteiger partial charge on any atom is 0.247 e. The van der Waals surface area contributed by atoms with Crippen LogP contribution in [-0.2, 0) is 16.6 Å². The Morgan fingerprint density at radius 1 is 1.43 bits per heavy atom. The van der Waals surface area contributed by atoms with Crippen molar-refractivity contribution in [1.29, 1.82) is 0 Å². The first-order valence-electron chi connectivity index (χ1n) is 6.96. The van der Waals surface area contributed by atoms with Gasteiger partial charge in [-0.2, -0.15) is 4.31 Å². The standard InChI is InChI=1S/C14H18ClNO4S/c1-20-14-10(8-17)5-11(15)6-13(14)21(18,19)16-7-9-2-3-12(16)4-9/h5-6,9,12,17H,2-4,7-8H2,1H3. The van der Waals surface area contributed by atoms with Gasteiger partial charge < -0.3 is 9.84 Å². The number of sulfonamides is 1. The number of benzene rings is 1. The number of hydrogen-bond acceptors (Lipinski definition) is 4. The fourth-order valence-corrected chi connectivity index (χ4v) is 5.74. The molecule has 2 bridgehead atoms. The monoisotopic (exact) mass is 331 g/mol. The number of aliphatic hydroxyl groups is 1. The molecule has 1 saturated carbocycles. The van der Waals surface area contributed by atoms with E-state index < -0.39 is 10.0 Å². The third kappa shape index (κ3) is 2.44. The summed E-state index contributed by atoms with van der Waals surface area (Å²) in [5.74, 6) is 0.650. The van der Waals surface area contributed by atoms with Gasteiger partial charge in [0, 0.05) is 23.2 Å². The highest BCUT2D eigenvalue weighted by molar-refractivity contribution is 7.89. The molecule has 0 spiro atoms. The zero-order valence-electron chi connectivity index (χ0n) is 11.8. The summed E-state index contributed by atoms with van der Waals surface area (Å²) < 4.78 is 32.6. The molecule has 2 atom stereocenters. The molecule has 21 heavy (non-hydrogen) atoms. The van der Waals surface area contributed by atoms with E-state index in [2.05, 4.69) is 0 Å². The topological polar surface area (TPSA) is 66.8 Å². The molecule has 116 valence electrons. The predicted octanol–water partition coefficient (Wildman–Crippen LogP) is 2.01. The number of halogens is 1. The molecule has 3 rings (SSSR count). The van der Waals surface area contributed by atoms with Gasteiger partial charge in [-0.25, -0.2) is 8.42 Å². The number of ether oxygens (including phenoxy) is 1. The Labute approximate surface area is 129 Å². The second kappa shape index (κ2) is 5.43. The first-order chi connectivity index (χ1) is 9.97. The molecule has 2 aliphatic rings. The van der Waals surface area contributed by atoms with E-state index in [9.17, 15) is 13.5 Å². The lowest BCUT2D eigenvalue weighted by Crippen LogP contribution is -2.37. The van der Waals surface area contributed by atoms with Gasteiger partial charge in [-0.05, 0) is 37.3 Å². The average molecular weight is 332 g/mol. The molecular weight excluding hydrogens is 314 g/mol. The van der Waals surface area contributed by atoms with Crippen LogP contribution in [-0.4, -0.2) is 37.5 Å². The van der Waals surface area contributed by atoms with Crippen LogP contribution in [0.25, 0.3) is 0 Å². The largest absolute Gasteiger partial charge is 0.495 e. The van der Waals surface area contributed by atoms with Crippen LogP contribution < -0.4 is 4.74 Å². The van der Waals surface area contributed by atoms with E-state index in [4.69, 9.17) is 16.3 Å². The van der Waals surface area contributed by atoms with Crippen LogP contribution in [0.5, 0.6) is 5.75 Å². The van der Waals surface area contributed by atoms with Gasteiger partial charge in [-0.15, -0.1) is 0 Å². The minimum Gasteiger partial charge on any atom is -0.495 e. The molecule has 7 heteroatoms. The maximum atomic E-state index is 12.9. The van der Waals surface area contributed by atoms with Gasteiger partial charge in [0.05, 0.1) is 13.7 Å². The highest BCUT2D eigenvalue weighted by atomic mass is 35.5. The molecule has 1 aromatic carbocycles. The normalized spacial score (nSPS) is 25.5. The Hall–Kier alpha value is -0.820. The van der Waals surface area contributed by atoms with Gasteiger partial charge in [-0.3, -0.25) is 0 Å². The van der Waals surface area contributed by atoms with Crippen molar-refractivity contribution in [2.45, 2.75) is 36.8 Å². The fourth-order valence-electron chi connectivity index (χ4n) is 3.46. The molecule has 2 fully saturated rings. The molecule has 2 unspecified atom stereocenters. The molecule has 1 aliphatic carbocycles. The molecule has 0 aromatic heterocycles. The van der Waals surface area contributed by atoms with Crippen LogP contribution in [0, 0.1) is 5.92 Å². The van der Waals surface area contributed by atoms with Crippen molar-refractivity contribution in [3.63, 3.8) is 0 Å². The van der Waals surface area contributed by atoms with E-state index >= 15 is 0 Å². The highest BCUT2D eigenvalue weighted by Crippen LogP contribution is 2.43. The van der Waals surface area contributed by atoms with Crippen LogP contribution >= 0.6 is 11.6 Å². The maximum absolute atomic E-state index is 12.9. The molecule has 5 nitrogen and oxygen atoms in total. The summed E-state index contributed by atoms with van der Waals surface area (Å²) in [5.41, 5.74) is 0.382. The number of piperidine rings is 1. The van der Waals surface area contributed by atoms with Crippen LogP contribution in [0.15, 0.2) is 17.0 Å². The molecule has 0 radical (unpaired) electrons. The third-order valence-electron chi connectivity index (χ3n) is 4.42. The fraction of sp³-hybridized carbons (Fsp3) is 0.571. The van der Waals surface area contributed by atoms with Crippen molar-refractivity contribution in [2.75, 3.05) is 13.7 Å². The van der Waals surface area contributed by atoms with E-state index in [1.54, 1.807) is 4.31 Å². The summed E-state index contributed by atoms with van der Waals surface area (Å²) in [6.07, 6.45) is 2.96. The summed E-state index contributed by atoms with van der Waals surface area (Å²) in [5, 5.41) is 9.67. The first-order valence-corrected chi connectivity index (χ1v) is 8.78. The number of rotatable bonds is 4. The molecule has 1 heterocycles. The summed E-state index contributed by atoms with van der Waals surface area (Å²) in [7, 11) is -2.25. The van der Waals surface area contributed by atoms with Crippen molar-refractivity contribution >= 4 is 21.6 Å². The molecule has 0 amide bonds. The predicted molar refractivity (Wildman–Crippen MR) is 78.9 cm³/mol. The average Bonchev–Trinajstić information content (AvgIpc) is 3.09. The van der Waals surface area contributed by atoms with E-state index in [0.717, 1.165) is 19.3 Å². The van der Waals surface area contributed by atoms with Crippen molar-refractivity contribution in [1.82, 2.24) is 4.31 Å². The van der Waals surface area contributed by atoms with Crippen LogP contribution in [0.1, 0.15) is 24.8 Å². The minimum absolute atomic E-state index is 0.0501. The summed E-state index contributed by atoms with van der Waals surface area (Å²) in [6.45, 7) is 0.245. The van der Waals surface area contributed by atoms with Gasteiger partial charge in [0.25, 0.3) is 0 Å². The van der Waals surface area contributed by atoms with Gasteiger partial charge in [-0.1, -0.05) is 11.6 Å². The molecule has 1 aromatic rings. The van der Waals surface area contributed by atoms with E-state index in [1.807, 2.05) is 0 Å². The van der Waals surface area contributed by atoms with E-state index in [-0.39, 0.29) is 28.3 Å². The second-order valence-electron chi connectivity index (χ2n) is 5.66. The summed E-state index contributed by atoms with van der Waals surface area (Å²) >= 11 is 6.00. The van der Waals surface area contributed by atoms with Gasteiger partial charge in [0.2, 0.25) is 10.0 Å². The van der Waals surface area contributed by atoms with E-state index in [0.29, 0.717) is 18.0 Å². The zero-order chi connectivity index (χ0) is 15.2. The Morgan fingerprint density at radius 2 is 2.19 bits per heavy atom. The first kappa shape index (κ1) is 15.1. The highest BCUT2D eigenvalue weighted by Gasteiger charge is 2.45. The molecule has 1 aliphatic heterocycles. The molecule has 1 saturated heterocycles. The summed E-state index contributed by atoms with van der Waals surface area (Å²) in [6, 6.07) is 3.01. The van der Waals surface area contributed by atoms with Crippen molar-refractivity contribution in [3.05, 3.63) is 22.7 Å². The number of methoxy groups -OCH3 is 1. The number of fused-ring (bicyclic) bond motifs is 2. The smallest absolute Gasteiger partial charge is 0.247 e. The van der Waals surface area contributed by atoms with Crippen LogP contribution in [0.4, 0.5) is 0 Å². The number of nitrogens with zero attached hydrogens (tertiary/aromatic N) is 1. The summed E-state index contributed by atoms with van der Waals surface area (Å²) in [4.78, 5) is 0.0501.